The molecule has 0 saturated heterocycles. The summed E-state index contributed by atoms with van der Waals surface area (Å²) >= 11 is 13.6. The number of benzene rings is 2. The molecular weight excluding hydrogens is 471 g/mol. The molecule has 7 nitrogen and oxygen atoms in total. The first-order valence-electron chi connectivity index (χ1n) is 9.40. The van der Waals surface area contributed by atoms with Crippen LogP contribution in [-0.4, -0.2) is 21.6 Å². The third kappa shape index (κ3) is 4.25. The van der Waals surface area contributed by atoms with Gasteiger partial charge in [-0.1, -0.05) is 23.2 Å². The number of carbonyl (C=O) groups is 1. The molecule has 0 fully saturated rings. The maximum absolute atomic E-state index is 12.5. The minimum absolute atomic E-state index is 0.0172. The van der Waals surface area contributed by atoms with Gasteiger partial charge in [0, 0.05) is 44.2 Å². The number of non-ortho nitro benzene ring substituents is 1. The number of halogens is 2. The van der Waals surface area contributed by atoms with Gasteiger partial charge in [0.05, 0.1) is 26.7 Å². The zero-order valence-electron chi connectivity index (χ0n) is 16.9. The Hall–Kier alpha value is -3.20. The smallest absolute Gasteiger partial charge is 0.281 e. The Morgan fingerprint density at radius 2 is 1.94 bits per heavy atom. The summed E-state index contributed by atoms with van der Waals surface area (Å²) < 4.78 is 2.77. The number of hydrogen-bond acceptors (Lipinski definition) is 5. The van der Waals surface area contributed by atoms with E-state index < -0.39 is 4.92 Å². The fourth-order valence-corrected chi connectivity index (χ4v) is 4.85. The average Bonchev–Trinajstić information content (AvgIpc) is 3.29. The van der Waals surface area contributed by atoms with E-state index in [-0.39, 0.29) is 11.6 Å². The number of aromatic nitrogens is 1. The molecule has 4 rings (SSSR count). The number of hydrogen-bond donors (Lipinski definition) is 1. The highest BCUT2D eigenvalue weighted by Gasteiger charge is 2.14. The monoisotopic (exact) mass is 486 g/mol. The van der Waals surface area contributed by atoms with Crippen LogP contribution >= 0.6 is 34.5 Å². The third-order valence-corrected chi connectivity index (χ3v) is 6.58. The van der Waals surface area contributed by atoms with Crippen molar-refractivity contribution in [1.82, 2.24) is 9.99 Å². The normalized spacial score (nSPS) is 11.4. The van der Waals surface area contributed by atoms with E-state index in [0.29, 0.717) is 20.3 Å². The summed E-state index contributed by atoms with van der Waals surface area (Å²) in [5.41, 5.74) is 5.97. The number of amides is 1. The standard InChI is InChI=1S/C22H16Cl2N4O3S/c1-12-7-15(13(2)27(12)19-5-3-16(23)10-18(19)24)11-25-26-22(29)21-9-14-8-17(28(30)31)4-6-20(14)32-21/h3-11H,1-2H3,(H,26,29)/b25-11-. The number of nitrogens with zero attached hydrogens (tertiary/aromatic N) is 3. The minimum Gasteiger partial charge on any atom is -0.316 e. The van der Waals surface area contributed by atoms with Crippen molar-refractivity contribution >= 4 is 62.4 Å². The van der Waals surface area contributed by atoms with Crippen LogP contribution in [0.25, 0.3) is 15.8 Å². The summed E-state index contributed by atoms with van der Waals surface area (Å²) in [5, 5.41) is 16.7. The molecule has 0 radical (unpaired) electrons. The van der Waals surface area contributed by atoms with Gasteiger partial charge in [0.25, 0.3) is 11.6 Å². The third-order valence-electron chi connectivity index (χ3n) is 4.93. The fraction of sp³-hybridized carbons (Fsp3) is 0.0909. The molecule has 1 amide bonds. The summed E-state index contributed by atoms with van der Waals surface area (Å²) in [6.07, 6.45) is 1.57. The fourth-order valence-electron chi connectivity index (χ4n) is 3.42. The number of fused-ring (bicyclic) bond motifs is 1. The number of rotatable bonds is 5. The van der Waals surface area contributed by atoms with Crippen LogP contribution in [0.5, 0.6) is 0 Å². The minimum atomic E-state index is -0.463. The van der Waals surface area contributed by atoms with Crippen molar-refractivity contribution in [2.45, 2.75) is 13.8 Å². The second-order valence-electron chi connectivity index (χ2n) is 7.05. The number of hydrazone groups is 1. The first-order chi connectivity index (χ1) is 15.2. The van der Waals surface area contributed by atoms with E-state index in [1.807, 2.05) is 30.5 Å². The van der Waals surface area contributed by atoms with E-state index in [9.17, 15) is 14.9 Å². The zero-order chi connectivity index (χ0) is 23.0. The molecule has 0 unspecified atom stereocenters. The molecule has 0 spiro atoms. The quantitative estimate of drug-likeness (QED) is 0.204. The molecule has 1 N–H and O–H groups in total. The molecule has 4 aromatic rings. The Bertz CT molecular complexity index is 1410. The summed E-state index contributed by atoms with van der Waals surface area (Å²) in [4.78, 5) is 23.4. The molecule has 32 heavy (non-hydrogen) atoms. The Balaban J connectivity index is 1.54. The summed E-state index contributed by atoms with van der Waals surface area (Å²) in [6, 6.07) is 13.4. The lowest BCUT2D eigenvalue weighted by atomic mass is 10.2. The number of nitro groups is 1. The van der Waals surface area contributed by atoms with Gasteiger partial charge in [-0.25, -0.2) is 5.43 Å². The van der Waals surface area contributed by atoms with Crippen LogP contribution < -0.4 is 5.43 Å². The largest absolute Gasteiger partial charge is 0.316 e. The van der Waals surface area contributed by atoms with Crippen LogP contribution in [0.15, 0.2) is 53.6 Å². The molecule has 162 valence electrons. The Labute approximate surface area is 197 Å². The van der Waals surface area contributed by atoms with Gasteiger partial charge in [0.15, 0.2) is 0 Å². The molecule has 2 heterocycles. The molecule has 0 aliphatic heterocycles. The van der Waals surface area contributed by atoms with Crippen molar-refractivity contribution in [3.63, 3.8) is 0 Å². The number of nitrogens with one attached hydrogen (secondary N) is 1. The Morgan fingerprint density at radius 1 is 1.16 bits per heavy atom. The molecule has 0 aliphatic rings. The van der Waals surface area contributed by atoms with Gasteiger partial charge in [-0.2, -0.15) is 5.10 Å². The van der Waals surface area contributed by atoms with Crippen LogP contribution in [0.4, 0.5) is 5.69 Å². The van der Waals surface area contributed by atoms with Crippen LogP contribution in [-0.2, 0) is 0 Å². The van der Waals surface area contributed by atoms with Gasteiger partial charge in [-0.3, -0.25) is 14.9 Å². The molecular formula is C22H16Cl2N4O3S. The van der Waals surface area contributed by atoms with E-state index in [1.165, 1.54) is 23.5 Å². The molecule has 10 heteroatoms. The van der Waals surface area contributed by atoms with E-state index in [4.69, 9.17) is 23.2 Å². The lowest BCUT2D eigenvalue weighted by Gasteiger charge is -2.11. The zero-order valence-corrected chi connectivity index (χ0v) is 19.3. The van der Waals surface area contributed by atoms with E-state index >= 15 is 0 Å². The highest BCUT2D eigenvalue weighted by Crippen LogP contribution is 2.30. The van der Waals surface area contributed by atoms with Crippen LogP contribution in [0.2, 0.25) is 10.0 Å². The van der Waals surface area contributed by atoms with E-state index in [1.54, 1.807) is 30.5 Å². The van der Waals surface area contributed by atoms with Crippen molar-refractivity contribution in [2.24, 2.45) is 5.10 Å². The van der Waals surface area contributed by atoms with Crippen molar-refractivity contribution in [3.8, 4) is 5.69 Å². The van der Waals surface area contributed by atoms with E-state index in [2.05, 4.69) is 10.5 Å². The van der Waals surface area contributed by atoms with Crippen molar-refractivity contribution in [1.29, 1.82) is 0 Å². The predicted octanol–water partition coefficient (Wildman–Crippen LogP) is 6.29. The topological polar surface area (TPSA) is 89.5 Å². The molecule has 2 aromatic carbocycles. The average molecular weight is 487 g/mol. The molecule has 0 atom stereocenters. The van der Waals surface area contributed by atoms with Crippen molar-refractivity contribution in [3.05, 3.63) is 90.5 Å². The van der Waals surface area contributed by atoms with Crippen molar-refractivity contribution in [2.75, 3.05) is 0 Å². The maximum atomic E-state index is 12.5. The Morgan fingerprint density at radius 3 is 2.66 bits per heavy atom. The van der Waals surface area contributed by atoms with Crippen LogP contribution in [0.1, 0.15) is 26.6 Å². The highest BCUT2D eigenvalue weighted by atomic mass is 35.5. The SMILES string of the molecule is Cc1cc(/C=N\NC(=O)c2cc3cc([N+](=O)[O-])ccc3s2)c(C)n1-c1ccc(Cl)cc1Cl. The lowest BCUT2D eigenvalue weighted by Crippen LogP contribution is -2.16. The van der Waals surface area contributed by atoms with Gasteiger partial charge < -0.3 is 4.57 Å². The van der Waals surface area contributed by atoms with Crippen LogP contribution in [0, 0.1) is 24.0 Å². The summed E-state index contributed by atoms with van der Waals surface area (Å²) in [5.74, 6) is -0.389. The van der Waals surface area contributed by atoms with Crippen LogP contribution in [0.3, 0.4) is 0 Å². The van der Waals surface area contributed by atoms with Gasteiger partial charge in [0.1, 0.15) is 0 Å². The highest BCUT2D eigenvalue weighted by molar-refractivity contribution is 7.20. The van der Waals surface area contributed by atoms with Crippen molar-refractivity contribution < 1.29 is 9.72 Å². The molecule has 0 saturated carbocycles. The molecule has 0 aliphatic carbocycles. The molecule has 0 bridgehead atoms. The summed E-state index contributed by atoms with van der Waals surface area (Å²) in [7, 11) is 0. The van der Waals surface area contributed by atoms with Gasteiger partial charge in [-0.15, -0.1) is 11.3 Å². The number of aryl methyl sites for hydroxylation is 1. The van der Waals surface area contributed by atoms with Gasteiger partial charge in [-0.05, 0) is 50.2 Å². The number of carbonyl (C=O) groups excluding carboxylic acids is 1. The predicted molar refractivity (Wildman–Crippen MR) is 129 cm³/mol. The van der Waals surface area contributed by atoms with Gasteiger partial charge in [0.2, 0.25) is 0 Å². The first kappa shape index (κ1) is 22.0. The first-order valence-corrected chi connectivity index (χ1v) is 11.0. The molecule has 2 aromatic heterocycles. The maximum Gasteiger partial charge on any atom is 0.281 e. The lowest BCUT2D eigenvalue weighted by molar-refractivity contribution is -0.384. The second-order valence-corrected chi connectivity index (χ2v) is 8.97. The number of nitro benzene ring substituents is 1. The van der Waals surface area contributed by atoms with E-state index in [0.717, 1.165) is 27.3 Å². The Kier molecular flexibility index (Phi) is 6.01. The van der Waals surface area contributed by atoms with Gasteiger partial charge >= 0.3 is 0 Å². The second kappa shape index (κ2) is 8.74. The number of thiophene rings is 1. The summed E-state index contributed by atoms with van der Waals surface area (Å²) in [6.45, 7) is 3.88.